The van der Waals surface area contributed by atoms with Gasteiger partial charge in [-0.25, -0.2) is 12.8 Å². The highest BCUT2D eigenvalue weighted by molar-refractivity contribution is 7.93. The summed E-state index contributed by atoms with van der Waals surface area (Å²) >= 11 is 0. The summed E-state index contributed by atoms with van der Waals surface area (Å²) in [5.41, 5.74) is 0.582. The summed E-state index contributed by atoms with van der Waals surface area (Å²) in [4.78, 5) is 12.1. The van der Waals surface area contributed by atoms with Crippen molar-refractivity contribution in [3.05, 3.63) is 47.4 Å². The van der Waals surface area contributed by atoms with Crippen molar-refractivity contribution in [2.45, 2.75) is 31.3 Å². The Morgan fingerprint density at radius 2 is 1.96 bits per heavy atom. The van der Waals surface area contributed by atoms with Crippen LogP contribution >= 0.6 is 0 Å². The predicted molar refractivity (Wildman–Crippen MR) is 83.1 cm³/mol. The number of hydrogen-bond donors (Lipinski definition) is 1. The number of benzene rings is 1. The third-order valence-corrected chi connectivity index (χ3v) is 6.01. The van der Waals surface area contributed by atoms with Gasteiger partial charge in [-0.15, -0.1) is 0 Å². The number of carbonyl (C=O) groups excluding carboxylic acids is 1. The maximum absolute atomic E-state index is 13.8. The molecule has 2 rings (SSSR count). The number of nitrogens with one attached hydrogen (secondary N) is 1. The quantitative estimate of drug-likeness (QED) is 0.904. The van der Waals surface area contributed by atoms with Gasteiger partial charge >= 0.3 is 0 Å². The molecule has 1 aromatic carbocycles. The largest absolute Gasteiger partial charge is 0.338 e. The molecule has 0 unspecified atom stereocenters. The third-order valence-electron chi connectivity index (χ3n) is 3.57. The second-order valence-electron chi connectivity index (χ2n) is 5.22. The smallest absolute Gasteiger partial charge is 0.244 e. The zero-order valence-electron chi connectivity index (χ0n) is 12.9. The average Bonchev–Trinajstić information content (AvgIpc) is 2.91. The zero-order chi connectivity index (χ0) is 17.2. The van der Waals surface area contributed by atoms with Crippen molar-refractivity contribution in [2.24, 2.45) is 0 Å². The minimum Gasteiger partial charge on any atom is -0.338 e. The molecule has 1 amide bonds. The monoisotopic (exact) mass is 340 g/mol. The van der Waals surface area contributed by atoms with Gasteiger partial charge in [-0.1, -0.05) is 23.4 Å². The van der Waals surface area contributed by atoms with Gasteiger partial charge < -0.3 is 4.52 Å². The molecule has 0 spiro atoms. The number of rotatable bonds is 5. The Hall–Kier alpha value is -2.22. The standard InChI is InChI=1S/C15H17FN2O4S/c1-9-8-14(22-18-9)17-15(19)11(3)23(20,21)10(2)12-6-4-5-7-13(12)16/h4-8,10-11H,1-3H3,(H,17,19)/t10-,11+/m1/s1. The predicted octanol–water partition coefficient (Wildman–Crippen LogP) is 2.63. The zero-order valence-corrected chi connectivity index (χ0v) is 13.7. The molecule has 0 aliphatic heterocycles. The molecule has 124 valence electrons. The van der Waals surface area contributed by atoms with E-state index < -0.39 is 32.1 Å². The highest BCUT2D eigenvalue weighted by Gasteiger charge is 2.35. The van der Waals surface area contributed by atoms with Gasteiger partial charge in [-0.05, 0) is 26.8 Å². The minimum atomic E-state index is -3.94. The van der Waals surface area contributed by atoms with Gasteiger partial charge in [0.2, 0.25) is 11.8 Å². The number of hydrogen-bond acceptors (Lipinski definition) is 5. The molecule has 6 nitrogen and oxygen atoms in total. The van der Waals surface area contributed by atoms with E-state index in [1.165, 1.54) is 38.1 Å². The SMILES string of the molecule is Cc1cc(NC(=O)[C@H](C)S(=O)(=O)[C@H](C)c2ccccc2F)on1. The molecule has 1 aromatic heterocycles. The average molecular weight is 340 g/mol. The summed E-state index contributed by atoms with van der Waals surface area (Å²) in [7, 11) is -3.94. The molecule has 0 fully saturated rings. The van der Waals surface area contributed by atoms with E-state index in [1.54, 1.807) is 13.0 Å². The van der Waals surface area contributed by atoms with Gasteiger partial charge in [0.1, 0.15) is 11.1 Å². The normalized spacial score (nSPS) is 14.3. The van der Waals surface area contributed by atoms with Crippen LogP contribution in [0.5, 0.6) is 0 Å². The van der Waals surface area contributed by atoms with E-state index in [4.69, 9.17) is 4.52 Å². The van der Waals surface area contributed by atoms with Crippen molar-refractivity contribution in [2.75, 3.05) is 5.32 Å². The van der Waals surface area contributed by atoms with Crippen molar-refractivity contribution in [1.29, 1.82) is 0 Å². The summed E-state index contributed by atoms with van der Waals surface area (Å²) in [5.74, 6) is -1.32. The van der Waals surface area contributed by atoms with Gasteiger partial charge in [0, 0.05) is 11.6 Å². The molecule has 2 aromatic rings. The first-order valence-corrected chi connectivity index (χ1v) is 8.55. The third kappa shape index (κ3) is 3.58. The molecule has 0 bridgehead atoms. The summed E-state index contributed by atoms with van der Waals surface area (Å²) in [6.07, 6.45) is 0. The van der Waals surface area contributed by atoms with Crippen molar-refractivity contribution in [3.63, 3.8) is 0 Å². The van der Waals surface area contributed by atoms with Crippen LogP contribution in [-0.2, 0) is 14.6 Å². The first-order chi connectivity index (χ1) is 10.7. The van der Waals surface area contributed by atoms with Gasteiger partial charge in [0.25, 0.3) is 0 Å². The molecule has 0 radical (unpaired) electrons. The van der Waals surface area contributed by atoms with E-state index in [0.29, 0.717) is 5.69 Å². The molecule has 0 aliphatic carbocycles. The first kappa shape index (κ1) is 17.1. The van der Waals surface area contributed by atoms with Gasteiger partial charge in [0.05, 0.1) is 10.9 Å². The number of carbonyl (C=O) groups is 1. The van der Waals surface area contributed by atoms with Crippen LogP contribution in [0, 0.1) is 12.7 Å². The highest BCUT2D eigenvalue weighted by Crippen LogP contribution is 2.28. The Kier molecular flexibility index (Phi) is 4.84. The van der Waals surface area contributed by atoms with E-state index in [2.05, 4.69) is 10.5 Å². The van der Waals surface area contributed by atoms with Crippen LogP contribution < -0.4 is 5.32 Å². The van der Waals surface area contributed by atoms with Crippen molar-refractivity contribution < 1.29 is 22.1 Å². The first-order valence-electron chi connectivity index (χ1n) is 6.94. The van der Waals surface area contributed by atoms with Crippen LogP contribution in [0.1, 0.15) is 30.4 Å². The summed E-state index contributed by atoms with van der Waals surface area (Å²) in [5, 5.41) is 3.42. The van der Waals surface area contributed by atoms with Gasteiger partial charge in [-0.2, -0.15) is 0 Å². The van der Waals surface area contributed by atoms with Crippen LogP contribution in [0.4, 0.5) is 10.3 Å². The van der Waals surface area contributed by atoms with Crippen LogP contribution in [0.15, 0.2) is 34.9 Å². The Labute approximate surface area is 133 Å². The van der Waals surface area contributed by atoms with Crippen LogP contribution in [-0.4, -0.2) is 24.7 Å². The molecule has 0 aliphatic rings. The molecule has 0 saturated heterocycles. The minimum absolute atomic E-state index is 0.0302. The molecule has 1 N–H and O–H groups in total. The Morgan fingerprint density at radius 1 is 1.30 bits per heavy atom. The van der Waals surface area contributed by atoms with E-state index in [-0.39, 0.29) is 11.4 Å². The second-order valence-corrected chi connectivity index (χ2v) is 7.81. The lowest BCUT2D eigenvalue weighted by Crippen LogP contribution is -2.35. The van der Waals surface area contributed by atoms with Crippen molar-refractivity contribution >= 4 is 21.6 Å². The summed E-state index contributed by atoms with van der Waals surface area (Å²) in [6, 6.07) is 7.07. The molecule has 1 heterocycles. The highest BCUT2D eigenvalue weighted by atomic mass is 32.2. The maximum atomic E-state index is 13.8. The molecule has 8 heteroatoms. The van der Waals surface area contributed by atoms with Crippen LogP contribution in [0.2, 0.25) is 0 Å². The number of sulfone groups is 1. The Morgan fingerprint density at radius 3 is 2.52 bits per heavy atom. The van der Waals surface area contributed by atoms with Gasteiger partial charge in [0.15, 0.2) is 9.84 Å². The molecule has 2 atom stereocenters. The fraction of sp³-hybridized carbons (Fsp3) is 0.333. The number of aromatic nitrogens is 1. The molecule has 23 heavy (non-hydrogen) atoms. The van der Waals surface area contributed by atoms with Gasteiger partial charge in [-0.3, -0.25) is 10.1 Å². The topological polar surface area (TPSA) is 89.3 Å². The number of halogens is 1. The summed E-state index contributed by atoms with van der Waals surface area (Å²) < 4.78 is 43.7. The van der Waals surface area contributed by atoms with Crippen molar-refractivity contribution in [1.82, 2.24) is 5.16 Å². The van der Waals surface area contributed by atoms with Crippen molar-refractivity contribution in [3.8, 4) is 0 Å². The Bertz CT molecular complexity index is 816. The van der Waals surface area contributed by atoms with E-state index in [1.807, 2.05) is 0 Å². The second kappa shape index (κ2) is 6.49. The molecular weight excluding hydrogens is 323 g/mol. The molecular formula is C15H17FN2O4S. The maximum Gasteiger partial charge on any atom is 0.244 e. The van der Waals surface area contributed by atoms with Crippen LogP contribution in [0.25, 0.3) is 0 Å². The lowest BCUT2D eigenvalue weighted by atomic mass is 10.1. The fourth-order valence-corrected chi connectivity index (χ4v) is 3.60. The fourth-order valence-electron chi connectivity index (χ4n) is 2.08. The van der Waals surface area contributed by atoms with Crippen LogP contribution in [0.3, 0.4) is 0 Å². The van der Waals surface area contributed by atoms with E-state index in [9.17, 15) is 17.6 Å². The summed E-state index contributed by atoms with van der Waals surface area (Å²) in [6.45, 7) is 4.28. The number of amides is 1. The number of nitrogens with zero attached hydrogens (tertiary/aromatic N) is 1. The number of aryl methyl sites for hydroxylation is 1. The lowest BCUT2D eigenvalue weighted by Gasteiger charge is -2.18. The number of anilines is 1. The van der Waals surface area contributed by atoms with E-state index in [0.717, 1.165) is 0 Å². The molecule has 0 saturated carbocycles. The van der Waals surface area contributed by atoms with E-state index >= 15 is 0 Å². The Balaban J connectivity index is 2.21. The lowest BCUT2D eigenvalue weighted by molar-refractivity contribution is -0.115.